The number of anilines is 1. The topological polar surface area (TPSA) is 80.3 Å². The highest BCUT2D eigenvalue weighted by atomic mass is 16.5. The van der Waals surface area contributed by atoms with Gasteiger partial charge in [-0.2, -0.15) is 0 Å². The number of hydrogen-bond donors (Lipinski definition) is 2. The van der Waals surface area contributed by atoms with Crippen molar-refractivity contribution in [1.82, 2.24) is 10.3 Å². The predicted octanol–water partition coefficient (Wildman–Crippen LogP) is 3.32. The van der Waals surface area contributed by atoms with Crippen LogP contribution in [0.3, 0.4) is 0 Å². The molecule has 2 amide bonds. The predicted molar refractivity (Wildman–Crippen MR) is 108 cm³/mol. The van der Waals surface area contributed by atoms with Crippen LogP contribution in [-0.4, -0.2) is 30.5 Å². The molecule has 3 rings (SSSR count). The molecule has 0 saturated carbocycles. The van der Waals surface area contributed by atoms with E-state index in [1.807, 2.05) is 42.5 Å². The van der Waals surface area contributed by atoms with Crippen LogP contribution in [-0.2, 0) is 6.42 Å². The molecule has 2 aromatic carbocycles. The molecule has 0 spiro atoms. The first-order chi connectivity index (χ1) is 13.7. The number of nitrogens with one attached hydrogen (secondary N) is 2. The van der Waals surface area contributed by atoms with Crippen molar-refractivity contribution in [1.29, 1.82) is 0 Å². The zero-order chi connectivity index (χ0) is 19.8. The second kappa shape index (κ2) is 9.32. The highest BCUT2D eigenvalue weighted by molar-refractivity contribution is 6.04. The minimum Gasteiger partial charge on any atom is -0.497 e. The number of rotatable bonds is 7. The van der Waals surface area contributed by atoms with Crippen LogP contribution in [0.15, 0.2) is 72.9 Å². The molecule has 0 aliphatic carbocycles. The van der Waals surface area contributed by atoms with E-state index in [2.05, 4.69) is 15.6 Å². The van der Waals surface area contributed by atoms with Crippen LogP contribution in [0.5, 0.6) is 5.75 Å². The number of aromatic nitrogens is 1. The molecule has 0 aliphatic heterocycles. The van der Waals surface area contributed by atoms with Crippen molar-refractivity contribution >= 4 is 17.5 Å². The molecule has 1 heterocycles. The van der Waals surface area contributed by atoms with Crippen LogP contribution in [0.2, 0.25) is 0 Å². The molecular formula is C22H21N3O3. The van der Waals surface area contributed by atoms with E-state index in [-0.39, 0.29) is 17.5 Å². The van der Waals surface area contributed by atoms with Gasteiger partial charge in [0.25, 0.3) is 11.8 Å². The number of carbonyl (C=O) groups is 2. The van der Waals surface area contributed by atoms with Crippen molar-refractivity contribution < 1.29 is 14.3 Å². The number of benzene rings is 2. The Morgan fingerprint density at radius 1 is 0.964 bits per heavy atom. The number of carbonyl (C=O) groups excluding carboxylic acids is 2. The lowest BCUT2D eigenvalue weighted by atomic mass is 10.1. The van der Waals surface area contributed by atoms with Gasteiger partial charge >= 0.3 is 0 Å². The van der Waals surface area contributed by atoms with E-state index in [0.717, 1.165) is 11.3 Å². The normalized spacial score (nSPS) is 10.2. The van der Waals surface area contributed by atoms with Crippen molar-refractivity contribution in [3.63, 3.8) is 0 Å². The van der Waals surface area contributed by atoms with Gasteiger partial charge in [0.1, 0.15) is 11.4 Å². The van der Waals surface area contributed by atoms with Gasteiger partial charge in [0, 0.05) is 24.0 Å². The lowest BCUT2D eigenvalue weighted by molar-refractivity contribution is 0.0954. The standard InChI is InChI=1S/C22H21N3O3/c1-28-19-9-5-6-16(14-19)10-12-24-21(26)17-11-13-23-20(15-17)22(27)25-18-7-3-2-4-8-18/h2-9,11,13-15H,10,12H2,1H3,(H,24,26)(H,25,27). The SMILES string of the molecule is COc1cccc(CCNC(=O)c2ccnc(C(=O)Nc3ccccc3)c2)c1. The van der Waals surface area contributed by atoms with E-state index in [9.17, 15) is 9.59 Å². The molecule has 1 aromatic heterocycles. The molecule has 0 fully saturated rings. The van der Waals surface area contributed by atoms with Crippen LogP contribution < -0.4 is 15.4 Å². The van der Waals surface area contributed by atoms with Crippen molar-refractivity contribution in [3.05, 3.63) is 89.7 Å². The smallest absolute Gasteiger partial charge is 0.274 e. The average Bonchev–Trinajstić information content (AvgIpc) is 2.74. The number of para-hydroxylation sites is 1. The summed E-state index contributed by atoms with van der Waals surface area (Å²) in [6, 6.07) is 19.9. The summed E-state index contributed by atoms with van der Waals surface area (Å²) in [4.78, 5) is 28.8. The van der Waals surface area contributed by atoms with E-state index >= 15 is 0 Å². The summed E-state index contributed by atoms with van der Waals surface area (Å²) in [6.45, 7) is 0.472. The number of nitrogens with zero attached hydrogens (tertiary/aromatic N) is 1. The molecular weight excluding hydrogens is 354 g/mol. The second-order valence-corrected chi connectivity index (χ2v) is 6.11. The van der Waals surface area contributed by atoms with Crippen molar-refractivity contribution in [2.24, 2.45) is 0 Å². The number of pyridine rings is 1. The molecule has 0 aliphatic rings. The van der Waals surface area contributed by atoms with E-state index < -0.39 is 0 Å². The Hall–Kier alpha value is -3.67. The molecule has 3 aromatic rings. The minimum atomic E-state index is -0.364. The molecule has 0 bridgehead atoms. The van der Waals surface area contributed by atoms with Crippen LogP contribution in [0, 0.1) is 0 Å². The summed E-state index contributed by atoms with van der Waals surface area (Å²) < 4.78 is 5.20. The van der Waals surface area contributed by atoms with Crippen LogP contribution >= 0.6 is 0 Å². The van der Waals surface area contributed by atoms with Crippen LogP contribution in [0.1, 0.15) is 26.4 Å². The lowest BCUT2D eigenvalue weighted by Crippen LogP contribution is -2.26. The van der Waals surface area contributed by atoms with Crippen LogP contribution in [0.25, 0.3) is 0 Å². The molecule has 0 atom stereocenters. The Bertz CT molecular complexity index is 958. The van der Waals surface area contributed by atoms with Gasteiger partial charge in [-0.15, -0.1) is 0 Å². The Labute approximate surface area is 163 Å². The van der Waals surface area contributed by atoms with E-state index in [1.54, 1.807) is 25.3 Å². The van der Waals surface area contributed by atoms with Crippen LogP contribution in [0.4, 0.5) is 5.69 Å². The van der Waals surface area contributed by atoms with E-state index in [0.29, 0.717) is 24.2 Å². The largest absolute Gasteiger partial charge is 0.497 e. The maximum absolute atomic E-state index is 12.4. The fraction of sp³-hybridized carbons (Fsp3) is 0.136. The Morgan fingerprint density at radius 3 is 2.57 bits per heavy atom. The molecule has 142 valence electrons. The second-order valence-electron chi connectivity index (χ2n) is 6.11. The maximum atomic E-state index is 12.4. The molecule has 28 heavy (non-hydrogen) atoms. The van der Waals surface area contributed by atoms with Gasteiger partial charge in [0.15, 0.2) is 0 Å². The van der Waals surface area contributed by atoms with Gasteiger partial charge in [-0.3, -0.25) is 14.6 Å². The number of hydrogen-bond acceptors (Lipinski definition) is 4. The average molecular weight is 375 g/mol. The maximum Gasteiger partial charge on any atom is 0.274 e. The van der Waals surface area contributed by atoms with Gasteiger partial charge < -0.3 is 15.4 Å². The monoisotopic (exact) mass is 375 g/mol. The van der Waals surface area contributed by atoms with Gasteiger partial charge in [0.05, 0.1) is 7.11 Å². The summed E-state index contributed by atoms with van der Waals surface area (Å²) in [7, 11) is 1.62. The van der Waals surface area contributed by atoms with Gasteiger partial charge in [-0.1, -0.05) is 30.3 Å². The molecule has 2 N–H and O–H groups in total. The summed E-state index contributed by atoms with van der Waals surface area (Å²) >= 11 is 0. The Morgan fingerprint density at radius 2 is 1.79 bits per heavy atom. The number of amides is 2. The highest BCUT2D eigenvalue weighted by Crippen LogP contribution is 2.13. The van der Waals surface area contributed by atoms with Gasteiger partial charge in [-0.05, 0) is 48.4 Å². The van der Waals surface area contributed by atoms with Gasteiger partial charge in [-0.25, -0.2) is 0 Å². The fourth-order valence-corrected chi connectivity index (χ4v) is 2.66. The van der Waals surface area contributed by atoms with E-state index in [4.69, 9.17) is 4.74 Å². The highest BCUT2D eigenvalue weighted by Gasteiger charge is 2.12. The third-order valence-corrected chi connectivity index (χ3v) is 4.12. The summed E-state index contributed by atoms with van der Waals surface area (Å²) in [5.41, 5.74) is 2.31. The summed E-state index contributed by atoms with van der Waals surface area (Å²) in [5.74, 6) is 0.170. The minimum absolute atomic E-state index is 0.185. The first-order valence-electron chi connectivity index (χ1n) is 8.89. The van der Waals surface area contributed by atoms with Crippen molar-refractivity contribution in [2.75, 3.05) is 19.0 Å². The molecule has 0 unspecified atom stereocenters. The zero-order valence-electron chi connectivity index (χ0n) is 15.5. The number of methoxy groups -OCH3 is 1. The summed E-state index contributed by atoms with van der Waals surface area (Å²) in [5, 5.41) is 5.62. The third-order valence-electron chi connectivity index (χ3n) is 4.12. The van der Waals surface area contributed by atoms with E-state index in [1.165, 1.54) is 12.3 Å². The molecule has 6 heteroatoms. The lowest BCUT2D eigenvalue weighted by Gasteiger charge is -2.08. The molecule has 6 nitrogen and oxygen atoms in total. The first-order valence-corrected chi connectivity index (χ1v) is 8.89. The first kappa shape index (κ1) is 19.1. The van der Waals surface area contributed by atoms with Crippen molar-refractivity contribution in [3.8, 4) is 5.75 Å². The Balaban J connectivity index is 1.58. The molecule has 0 radical (unpaired) electrons. The van der Waals surface area contributed by atoms with Gasteiger partial charge in [0.2, 0.25) is 0 Å². The number of ether oxygens (including phenoxy) is 1. The third kappa shape index (κ3) is 5.17. The summed E-state index contributed by atoms with van der Waals surface area (Å²) in [6.07, 6.45) is 2.13. The Kier molecular flexibility index (Phi) is 6.36. The zero-order valence-corrected chi connectivity index (χ0v) is 15.5. The quantitative estimate of drug-likeness (QED) is 0.664. The fourth-order valence-electron chi connectivity index (χ4n) is 2.66. The van der Waals surface area contributed by atoms with Crippen molar-refractivity contribution in [2.45, 2.75) is 6.42 Å². The molecule has 0 saturated heterocycles.